The molecule has 0 bridgehead atoms. The smallest absolute Gasteiger partial charge is 0.211 e. The monoisotopic (exact) mass is 258 g/mol. The molecule has 4 nitrogen and oxygen atoms in total. The van der Waals surface area contributed by atoms with Gasteiger partial charge in [-0.3, -0.25) is 0 Å². The fourth-order valence-corrected chi connectivity index (χ4v) is 2.20. The lowest BCUT2D eigenvalue weighted by atomic mass is 9.89. The van der Waals surface area contributed by atoms with Crippen LogP contribution in [0.5, 0.6) is 0 Å². The van der Waals surface area contributed by atoms with Crippen molar-refractivity contribution in [2.75, 3.05) is 0 Å². The van der Waals surface area contributed by atoms with E-state index >= 15 is 0 Å². The van der Waals surface area contributed by atoms with Gasteiger partial charge >= 0.3 is 0 Å². The summed E-state index contributed by atoms with van der Waals surface area (Å²) in [7, 11) is 0. The maximum atomic E-state index is 10.7. The molecule has 0 aliphatic carbocycles. The highest BCUT2D eigenvalue weighted by Gasteiger charge is 2.20. The van der Waals surface area contributed by atoms with E-state index in [9.17, 15) is 9.59 Å². The van der Waals surface area contributed by atoms with Crippen molar-refractivity contribution in [1.82, 2.24) is 0 Å². The van der Waals surface area contributed by atoms with Crippen molar-refractivity contribution in [2.24, 2.45) is 9.98 Å². The number of rotatable bonds is 4. The molecule has 1 aromatic carbocycles. The van der Waals surface area contributed by atoms with Crippen molar-refractivity contribution in [3.63, 3.8) is 0 Å². The van der Waals surface area contributed by atoms with Crippen molar-refractivity contribution in [3.05, 3.63) is 22.8 Å². The summed E-state index contributed by atoms with van der Waals surface area (Å²) in [6.45, 7) is 9.91. The molecule has 0 amide bonds. The molecule has 0 fully saturated rings. The third kappa shape index (κ3) is 3.05. The first-order valence-electron chi connectivity index (χ1n) is 6.27. The molecule has 1 rings (SSSR count). The SMILES string of the molecule is Cc1cc(C(C)C)c(N=C=O)c(C(C)C)c1N=C=O. The Morgan fingerprint density at radius 2 is 1.47 bits per heavy atom. The molecule has 0 saturated heterocycles. The molecule has 0 N–H and O–H groups in total. The molecule has 100 valence electrons. The van der Waals surface area contributed by atoms with E-state index in [1.54, 1.807) is 12.2 Å². The summed E-state index contributed by atoms with van der Waals surface area (Å²) in [6, 6.07) is 1.92. The Morgan fingerprint density at radius 3 is 1.89 bits per heavy atom. The molecule has 0 unspecified atom stereocenters. The second kappa shape index (κ2) is 6.24. The van der Waals surface area contributed by atoms with Gasteiger partial charge in [0, 0.05) is 5.56 Å². The van der Waals surface area contributed by atoms with Crippen LogP contribution in [0.4, 0.5) is 11.4 Å². The molecule has 0 radical (unpaired) electrons. The molecule has 0 atom stereocenters. The minimum absolute atomic E-state index is 0.0941. The summed E-state index contributed by atoms with van der Waals surface area (Å²) in [4.78, 5) is 28.9. The Kier molecular flexibility index (Phi) is 4.94. The van der Waals surface area contributed by atoms with Crippen LogP contribution >= 0.6 is 0 Å². The van der Waals surface area contributed by atoms with Crippen molar-refractivity contribution in [3.8, 4) is 0 Å². The van der Waals surface area contributed by atoms with E-state index in [-0.39, 0.29) is 11.8 Å². The highest BCUT2D eigenvalue weighted by atomic mass is 16.1. The van der Waals surface area contributed by atoms with Crippen LogP contribution in [0, 0.1) is 6.92 Å². The normalized spacial score (nSPS) is 10.3. The van der Waals surface area contributed by atoms with Gasteiger partial charge in [0.25, 0.3) is 0 Å². The van der Waals surface area contributed by atoms with E-state index < -0.39 is 0 Å². The maximum Gasteiger partial charge on any atom is 0.240 e. The van der Waals surface area contributed by atoms with Gasteiger partial charge in [0.05, 0.1) is 11.4 Å². The maximum absolute atomic E-state index is 10.7. The molecular weight excluding hydrogens is 240 g/mol. The minimum Gasteiger partial charge on any atom is -0.211 e. The molecule has 0 aliphatic rings. The van der Waals surface area contributed by atoms with Gasteiger partial charge in [0.15, 0.2) is 0 Å². The van der Waals surface area contributed by atoms with Gasteiger partial charge in [0.2, 0.25) is 12.2 Å². The number of nitrogens with zero attached hydrogens (tertiary/aromatic N) is 2. The van der Waals surface area contributed by atoms with Crippen molar-refractivity contribution in [1.29, 1.82) is 0 Å². The number of aliphatic imine (C=N–C) groups is 2. The van der Waals surface area contributed by atoms with Gasteiger partial charge in [0.1, 0.15) is 0 Å². The summed E-state index contributed by atoms with van der Waals surface area (Å²) >= 11 is 0. The Labute approximate surface area is 113 Å². The van der Waals surface area contributed by atoms with E-state index in [0.29, 0.717) is 11.4 Å². The second-order valence-corrected chi connectivity index (χ2v) is 5.11. The number of carbonyl (C=O) groups excluding carboxylic acids is 2. The van der Waals surface area contributed by atoms with Gasteiger partial charge in [-0.2, -0.15) is 9.98 Å². The second-order valence-electron chi connectivity index (χ2n) is 5.11. The Bertz CT molecular complexity index is 576. The molecule has 0 spiro atoms. The van der Waals surface area contributed by atoms with Gasteiger partial charge in [-0.15, -0.1) is 0 Å². The summed E-state index contributed by atoms with van der Waals surface area (Å²) < 4.78 is 0. The van der Waals surface area contributed by atoms with Gasteiger partial charge in [-0.05, 0) is 29.9 Å². The molecule has 1 aromatic rings. The molecule has 0 saturated carbocycles. The Hall–Kier alpha value is -2.02. The zero-order valence-electron chi connectivity index (χ0n) is 11.9. The largest absolute Gasteiger partial charge is 0.240 e. The van der Waals surface area contributed by atoms with E-state index in [1.165, 1.54) is 0 Å². The topological polar surface area (TPSA) is 58.9 Å². The Morgan fingerprint density at radius 1 is 0.947 bits per heavy atom. The lowest BCUT2D eigenvalue weighted by Crippen LogP contribution is -1.98. The zero-order valence-corrected chi connectivity index (χ0v) is 11.9. The van der Waals surface area contributed by atoms with Gasteiger partial charge in [-0.25, -0.2) is 9.59 Å². The number of aryl methyl sites for hydroxylation is 1. The predicted octanol–water partition coefficient (Wildman–Crippen LogP) is 4.18. The van der Waals surface area contributed by atoms with Crippen LogP contribution in [0.1, 0.15) is 56.2 Å². The number of isocyanates is 2. The van der Waals surface area contributed by atoms with Gasteiger partial charge in [-0.1, -0.05) is 33.8 Å². The molecular formula is C15H18N2O2. The van der Waals surface area contributed by atoms with E-state index in [0.717, 1.165) is 16.7 Å². The first-order chi connectivity index (χ1) is 8.93. The average molecular weight is 258 g/mol. The van der Waals surface area contributed by atoms with Crippen LogP contribution in [0.2, 0.25) is 0 Å². The third-order valence-electron chi connectivity index (χ3n) is 3.04. The quantitative estimate of drug-likeness (QED) is 0.601. The van der Waals surface area contributed by atoms with Crippen molar-refractivity contribution < 1.29 is 9.59 Å². The van der Waals surface area contributed by atoms with E-state index in [1.807, 2.05) is 40.7 Å². The van der Waals surface area contributed by atoms with Crippen LogP contribution in [-0.2, 0) is 9.59 Å². The van der Waals surface area contributed by atoms with Crippen LogP contribution in [0.15, 0.2) is 16.1 Å². The lowest BCUT2D eigenvalue weighted by molar-refractivity contribution is 0.564. The molecule has 4 heteroatoms. The van der Waals surface area contributed by atoms with E-state index in [2.05, 4.69) is 9.98 Å². The first-order valence-corrected chi connectivity index (χ1v) is 6.27. The molecule has 19 heavy (non-hydrogen) atoms. The first kappa shape index (κ1) is 15.0. The van der Waals surface area contributed by atoms with Crippen molar-refractivity contribution in [2.45, 2.75) is 46.5 Å². The summed E-state index contributed by atoms with van der Waals surface area (Å²) in [5.41, 5.74) is 3.80. The number of benzene rings is 1. The summed E-state index contributed by atoms with van der Waals surface area (Å²) in [6.07, 6.45) is 3.17. The van der Waals surface area contributed by atoms with Crippen LogP contribution in [0.25, 0.3) is 0 Å². The lowest BCUT2D eigenvalue weighted by Gasteiger charge is -2.19. The fraction of sp³-hybridized carbons (Fsp3) is 0.467. The minimum atomic E-state index is 0.0941. The average Bonchev–Trinajstić information content (AvgIpc) is 2.32. The Balaban J connectivity index is 3.85. The van der Waals surface area contributed by atoms with Crippen LogP contribution < -0.4 is 0 Å². The highest BCUT2D eigenvalue weighted by Crippen LogP contribution is 2.42. The summed E-state index contributed by atoms with van der Waals surface area (Å²) in [5, 5.41) is 0. The van der Waals surface area contributed by atoms with Crippen LogP contribution in [0.3, 0.4) is 0 Å². The zero-order chi connectivity index (χ0) is 14.6. The molecule has 0 aromatic heterocycles. The molecule has 0 aliphatic heterocycles. The predicted molar refractivity (Wildman–Crippen MR) is 74.9 cm³/mol. The van der Waals surface area contributed by atoms with Crippen molar-refractivity contribution >= 4 is 23.5 Å². The molecule has 0 heterocycles. The number of hydrogen-bond acceptors (Lipinski definition) is 4. The summed E-state index contributed by atoms with van der Waals surface area (Å²) in [5.74, 6) is 0.314. The van der Waals surface area contributed by atoms with Crippen LogP contribution in [-0.4, -0.2) is 12.2 Å². The van der Waals surface area contributed by atoms with Gasteiger partial charge < -0.3 is 0 Å². The highest BCUT2D eigenvalue weighted by molar-refractivity contribution is 5.73. The standard InChI is InChI=1S/C15H18N2O2/c1-9(2)12-6-11(5)14(16-7-18)13(10(3)4)15(12)17-8-19/h6,9-10H,1-5H3. The fourth-order valence-electron chi connectivity index (χ4n) is 2.20. The number of hydrogen-bond donors (Lipinski definition) is 0. The van der Waals surface area contributed by atoms with E-state index in [4.69, 9.17) is 0 Å². The third-order valence-corrected chi connectivity index (χ3v) is 3.04.